The molecule has 0 unspecified atom stereocenters. The zero-order valence-electron chi connectivity index (χ0n) is 10.8. The van der Waals surface area contributed by atoms with E-state index in [2.05, 4.69) is 30.1 Å². The number of rotatable bonds is 8. The Morgan fingerprint density at radius 3 is 2.81 bits per heavy atom. The monoisotopic (exact) mass is 224 g/mol. The smallest absolute Gasteiger partial charge is 0.122 e. The summed E-state index contributed by atoms with van der Waals surface area (Å²) in [5, 5.41) is 3.13. The first-order chi connectivity index (χ1) is 7.81. The van der Waals surface area contributed by atoms with Crippen molar-refractivity contribution < 1.29 is 4.42 Å². The second-order valence-electron chi connectivity index (χ2n) is 4.12. The third kappa shape index (κ3) is 3.99. The lowest BCUT2D eigenvalue weighted by molar-refractivity contribution is 0.272. The first kappa shape index (κ1) is 13.3. The number of unbranched alkanes of at least 4 members (excludes halogenated alkanes) is 1. The first-order valence-corrected chi connectivity index (χ1v) is 6.24. The van der Waals surface area contributed by atoms with Crippen LogP contribution in [0.15, 0.2) is 16.7 Å². The van der Waals surface area contributed by atoms with E-state index < -0.39 is 0 Å². The molecule has 1 aromatic heterocycles. The normalized spacial score (nSPS) is 11.2. The van der Waals surface area contributed by atoms with E-state index in [1.165, 1.54) is 24.9 Å². The van der Waals surface area contributed by atoms with Crippen LogP contribution in [0.25, 0.3) is 0 Å². The molecule has 0 radical (unpaired) electrons. The van der Waals surface area contributed by atoms with Crippen LogP contribution >= 0.6 is 0 Å². The highest BCUT2D eigenvalue weighted by Crippen LogP contribution is 2.13. The minimum Gasteiger partial charge on any atom is -0.468 e. The highest BCUT2D eigenvalue weighted by Gasteiger charge is 2.09. The zero-order chi connectivity index (χ0) is 11.8. The Morgan fingerprint density at radius 1 is 1.38 bits per heavy atom. The van der Waals surface area contributed by atoms with Gasteiger partial charge < -0.3 is 9.73 Å². The fourth-order valence-corrected chi connectivity index (χ4v) is 1.80. The fraction of sp³-hybridized carbons (Fsp3) is 0.692. The third-order valence-corrected chi connectivity index (χ3v) is 2.84. The van der Waals surface area contributed by atoms with Crippen molar-refractivity contribution in [2.45, 2.75) is 39.8 Å². The van der Waals surface area contributed by atoms with Crippen LogP contribution in [0.3, 0.4) is 0 Å². The Kier molecular flexibility index (Phi) is 6.19. The Morgan fingerprint density at radius 2 is 2.19 bits per heavy atom. The zero-order valence-corrected chi connectivity index (χ0v) is 10.8. The molecule has 1 rings (SSSR count). The van der Waals surface area contributed by atoms with E-state index in [1.54, 1.807) is 6.26 Å². The lowest BCUT2D eigenvalue weighted by Crippen LogP contribution is -2.24. The van der Waals surface area contributed by atoms with Crippen LogP contribution in [0, 0.1) is 0 Å². The van der Waals surface area contributed by atoms with Gasteiger partial charge in [-0.3, -0.25) is 4.90 Å². The summed E-state index contributed by atoms with van der Waals surface area (Å²) < 4.78 is 5.47. The molecule has 0 aliphatic rings. The van der Waals surface area contributed by atoms with Crippen molar-refractivity contribution in [1.29, 1.82) is 0 Å². The molecule has 0 aliphatic heterocycles. The molecule has 1 aromatic rings. The van der Waals surface area contributed by atoms with Gasteiger partial charge in [0, 0.05) is 12.1 Å². The average Bonchev–Trinajstić information content (AvgIpc) is 2.72. The SMILES string of the molecule is CCCCN(CC)Cc1ccoc1CNC. The third-order valence-electron chi connectivity index (χ3n) is 2.84. The van der Waals surface area contributed by atoms with Gasteiger partial charge in [-0.1, -0.05) is 20.3 Å². The summed E-state index contributed by atoms with van der Waals surface area (Å²) in [6.07, 6.45) is 4.31. The van der Waals surface area contributed by atoms with Crippen LogP contribution < -0.4 is 5.32 Å². The highest BCUT2D eigenvalue weighted by molar-refractivity contribution is 5.16. The van der Waals surface area contributed by atoms with Gasteiger partial charge in [-0.2, -0.15) is 0 Å². The minimum absolute atomic E-state index is 0.813. The maximum absolute atomic E-state index is 5.47. The molecular weight excluding hydrogens is 200 g/mol. The van der Waals surface area contributed by atoms with Gasteiger partial charge >= 0.3 is 0 Å². The molecule has 1 N–H and O–H groups in total. The summed E-state index contributed by atoms with van der Waals surface area (Å²) in [5.41, 5.74) is 1.31. The summed E-state index contributed by atoms with van der Waals surface area (Å²) in [6, 6.07) is 2.08. The molecule has 16 heavy (non-hydrogen) atoms. The molecule has 3 heteroatoms. The van der Waals surface area contributed by atoms with Gasteiger partial charge in [0.1, 0.15) is 5.76 Å². The lowest BCUT2D eigenvalue weighted by Gasteiger charge is -2.19. The van der Waals surface area contributed by atoms with Crippen LogP contribution in [0.2, 0.25) is 0 Å². The second kappa shape index (κ2) is 7.47. The summed E-state index contributed by atoms with van der Waals surface area (Å²) in [6.45, 7) is 8.55. The van der Waals surface area contributed by atoms with E-state index in [0.29, 0.717) is 0 Å². The Balaban J connectivity index is 2.51. The predicted molar refractivity (Wildman–Crippen MR) is 67.3 cm³/mol. The van der Waals surface area contributed by atoms with Gasteiger partial charge in [0.15, 0.2) is 0 Å². The van der Waals surface area contributed by atoms with Crippen molar-refractivity contribution in [3.8, 4) is 0 Å². The maximum atomic E-state index is 5.47. The minimum atomic E-state index is 0.813. The van der Waals surface area contributed by atoms with Gasteiger partial charge in [0.2, 0.25) is 0 Å². The lowest BCUT2D eigenvalue weighted by atomic mass is 10.2. The number of furan rings is 1. The van der Waals surface area contributed by atoms with Crippen LogP contribution in [0.5, 0.6) is 0 Å². The molecule has 92 valence electrons. The molecule has 0 aromatic carbocycles. The Bertz CT molecular complexity index is 283. The van der Waals surface area contributed by atoms with Crippen molar-refractivity contribution in [3.05, 3.63) is 23.7 Å². The van der Waals surface area contributed by atoms with E-state index in [1.807, 2.05) is 7.05 Å². The van der Waals surface area contributed by atoms with E-state index in [0.717, 1.165) is 25.4 Å². The summed E-state index contributed by atoms with van der Waals surface area (Å²) in [5.74, 6) is 1.07. The summed E-state index contributed by atoms with van der Waals surface area (Å²) >= 11 is 0. The largest absolute Gasteiger partial charge is 0.468 e. The molecular formula is C13H24N2O. The van der Waals surface area contributed by atoms with Crippen molar-refractivity contribution in [2.24, 2.45) is 0 Å². The molecule has 0 spiro atoms. The van der Waals surface area contributed by atoms with Gasteiger partial charge in [-0.05, 0) is 32.6 Å². The highest BCUT2D eigenvalue weighted by atomic mass is 16.3. The molecule has 0 fully saturated rings. The molecule has 0 bridgehead atoms. The van der Waals surface area contributed by atoms with Crippen LogP contribution in [-0.2, 0) is 13.1 Å². The molecule has 3 nitrogen and oxygen atoms in total. The molecule has 0 saturated heterocycles. The van der Waals surface area contributed by atoms with Crippen molar-refractivity contribution in [1.82, 2.24) is 10.2 Å². The van der Waals surface area contributed by atoms with Crippen LogP contribution in [0.1, 0.15) is 38.0 Å². The predicted octanol–water partition coefficient (Wildman–Crippen LogP) is 2.62. The number of nitrogens with one attached hydrogen (secondary N) is 1. The molecule has 0 aliphatic carbocycles. The van der Waals surface area contributed by atoms with Crippen LogP contribution in [-0.4, -0.2) is 25.0 Å². The van der Waals surface area contributed by atoms with E-state index in [4.69, 9.17) is 4.42 Å². The van der Waals surface area contributed by atoms with Crippen molar-refractivity contribution in [2.75, 3.05) is 20.1 Å². The standard InChI is InChI=1S/C13H24N2O/c1-4-6-8-15(5-2)11-12-7-9-16-13(12)10-14-3/h7,9,14H,4-6,8,10-11H2,1-3H3. The average molecular weight is 224 g/mol. The Hall–Kier alpha value is -0.800. The van der Waals surface area contributed by atoms with Crippen molar-refractivity contribution >= 4 is 0 Å². The van der Waals surface area contributed by atoms with Gasteiger partial charge in [-0.25, -0.2) is 0 Å². The summed E-state index contributed by atoms with van der Waals surface area (Å²) in [4.78, 5) is 2.47. The molecule has 0 atom stereocenters. The van der Waals surface area contributed by atoms with Gasteiger partial charge in [0.25, 0.3) is 0 Å². The number of hydrogen-bond donors (Lipinski definition) is 1. The van der Waals surface area contributed by atoms with Gasteiger partial charge in [-0.15, -0.1) is 0 Å². The van der Waals surface area contributed by atoms with E-state index >= 15 is 0 Å². The topological polar surface area (TPSA) is 28.4 Å². The molecule has 0 saturated carbocycles. The number of nitrogens with zero attached hydrogens (tertiary/aromatic N) is 1. The fourth-order valence-electron chi connectivity index (χ4n) is 1.80. The van der Waals surface area contributed by atoms with E-state index in [-0.39, 0.29) is 0 Å². The first-order valence-electron chi connectivity index (χ1n) is 6.24. The maximum Gasteiger partial charge on any atom is 0.122 e. The van der Waals surface area contributed by atoms with Crippen molar-refractivity contribution in [3.63, 3.8) is 0 Å². The number of hydrogen-bond acceptors (Lipinski definition) is 3. The quantitative estimate of drug-likeness (QED) is 0.736. The van der Waals surface area contributed by atoms with E-state index in [9.17, 15) is 0 Å². The molecule has 0 amide bonds. The summed E-state index contributed by atoms with van der Waals surface area (Å²) in [7, 11) is 1.95. The second-order valence-corrected chi connectivity index (χ2v) is 4.12. The molecule has 1 heterocycles. The Labute approximate surface area is 98.8 Å². The van der Waals surface area contributed by atoms with Gasteiger partial charge in [0.05, 0.1) is 12.8 Å². The van der Waals surface area contributed by atoms with Crippen LogP contribution in [0.4, 0.5) is 0 Å².